The van der Waals surface area contributed by atoms with Gasteiger partial charge in [-0.2, -0.15) is 0 Å². The van der Waals surface area contributed by atoms with E-state index in [1.165, 1.54) is 0 Å². The smallest absolute Gasteiger partial charge is 0.310 e. The van der Waals surface area contributed by atoms with Gasteiger partial charge in [-0.25, -0.2) is 8.42 Å². The van der Waals surface area contributed by atoms with Crippen molar-refractivity contribution in [3.05, 3.63) is 0 Å². The number of rotatable bonds is 6. The van der Waals surface area contributed by atoms with Crippen molar-refractivity contribution in [1.29, 1.82) is 0 Å². The maximum atomic E-state index is 13.1. The van der Waals surface area contributed by atoms with Gasteiger partial charge in [0.1, 0.15) is 17.8 Å². The van der Waals surface area contributed by atoms with Crippen LogP contribution in [-0.4, -0.2) is 80.2 Å². The van der Waals surface area contributed by atoms with Crippen molar-refractivity contribution in [2.24, 2.45) is 23.7 Å². The molecule has 5 rings (SSSR count). The van der Waals surface area contributed by atoms with Crippen LogP contribution in [0.5, 0.6) is 0 Å². The second kappa shape index (κ2) is 7.97. The Hall–Kier alpha value is -1.68. The topological polar surface area (TPSA) is 116 Å². The van der Waals surface area contributed by atoms with Crippen LogP contribution >= 0.6 is 0 Å². The largest absolute Gasteiger partial charge is 0.459 e. The van der Waals surface area contributed by atoms with Gasteiger partial charge in [0.2, 0.25) is 0 Å². The average molecular weight is 470 g/mol. The second-order valence-corrected chi connectivity index (χ2v) is 12.6. The Morgan fingerprint density at radius 1 is 1.16 bits per heavy atom. The number of esters is 3. The van der Waals surface area contributed by atoms with E-state index in [1.54, 1.807) is 0 Å². The van der Waals surface area contributed by atoms with Crippen LogP contribution in [0.25, 0.3) is 0 Å². The van der Waals surface area contributed by atoms with Crippen LogP contribution in [0.2, 0.25) is 0 Å². The number of hydrogen-bond donors (Lipinski definition) is 0. The molecule has 2 saturated heterocycles. The molecule has 0 aromatic carbocycles. The normalized spacial score (nSPS) is 39.1. The van der Waals surface area contributed by atoms with Gasteiger partial charge in [-0.1, -0.05) is 0 Å². The summed E-state index contributed by atoms with van der Waals surface area (Å²) >= 11 is 0. The van der Waals surface area contributed by atoms with Crippen molar-refractivity contribution in [1.82, 2.24) is 4.90 Å². The molecular weight excluding hydrogens is 438 g/mol. The molecule has 0 amide bonds. The highest BCUT2D eigenvalue weighted by atomic mass is 32.2. The van der Waals surface area contributed by atoms with E-state index in [0.717, 1.165) is 25.7 Å². The molecule has 5 fully saturated rings. The Morgan fingerprint density at radius 2 is 1.84 bits per heavy atom. The second-order valence-electron chi connectivity index (χ2n) is 10.3. The first-order valence-corrected chi connectivity index (χ1v) is 13.5. The van der Waals surface area contributed by atoms with Crippen molar-refractivity contribution in [3.8, 4) is 0 Å². The van der Waals surface area contributed by atoms with E-state index in [4.69, 9.17) is 14.2 Å². The van der Waals surface area contributed by atoms with Gasteiger partial charge in [0, 0.05) is 31.5 Å². The predicted molar refractivity (Wildman–Crippen MR) is 111 cm³/mol. The SMILES string of the molecule is CC1(OC(=O)C2C3CC4C(OC(=O)C42)C3OC(=O)CCN2CCS(=O)(=O)CC2)CCCC1. The molecule has 0 radical (unpaired) electrons. The lowest BCUT2D eigenvalue weighted by Gasteiger charge is -2.33. The van der Waals surface area contributed by atoms with Crippen LogP contribution in [0, 0.1) is 23.7 Å². The molecule has 0 spiro atoms. The maximum absolute atomic E-state index is 13.1. The summed E-state index contributed by atoms with van der Waals surface area (Å²) in [7, 11) is -2.97. The minimum atomic E-state index is -2.97. The highest BCUT2D eigenvalue weighted by Crippen LogP contribution is 2.59. The van der Waals surface area contributed by atoms with Gasteiger partial charge < -0.3 is 19.1 Å². The molecule has 0 aromatic heterocycles. The molecule has 0 aromatic rings. The highest BCUT2D eigenvalue weighted by molar-refractivity contribution is 7.91. The highest BCUT2D eigenvalue weighted by Gasteiger charge is 2.70. The van der Waals surface area contributed by atoms with Crippen molar-refractivity contribution >= 4 is 27.7 Å². The molecule has 5 aliphatic rings. The zero-order valence-corrected chi connectivity index (χ0v) is 19.2. The zero-order valence-electron chi connectivity index (χ0n) is 18.4. The number of carbonyl (C=O) groups is 3. The fourth-order valence-corrected chi connectivity index (χ4v) is 7.72. The number of carbonyl (C=O) groups excluding carboxylic acids is 3. The quantitative estimate of drug-likeness (QED) is 0.409. The van der Waals surface area contributed by atoms with E-state index >= 15 is 0 Å². The monoisotopic (exact) mass is 469 g/mol. The first-order valence-electron chi connectivity index (χ1n) is 11.7. The number of ether oxygens (including phenoxy) is 3. The summed E-state index contributed by atoms with van der Waals surface area (Å²) in [6, 6.07) is 0. The molecule has 6 atom stereocenters. The lowest BCUT2D eigenvalue weighted by Crippen LogP contribution is -2.45. The van der Waals surface area contributed by atoms with E-state index in [1.807, 2.05) is 11.8 Å². The van der Waals surface area contributed by atoms with Gasteiger partial charge in [0.15, 0.2) is 9.84 Å². The van der Waals surface area contributed by atoms with E-state index in [-0.39, 0.29) is 41.7 Å². The van der Waals surface area contributed by atoms with Gasteiger partial charge >= 0.3 is 17.9 Å². The molecule has 2 bridgehead atoms. The average Bonchev–Trinajstić information content (AvgIpc) is 3.45. The Balaban J connectivity index is 1.21. The predicted octanol–water partition coefficient (Wildman–Crippen LogP) is 0.702. The van der Waals surface area contributed by atoms with Crippen LogP contribution in [0.4, 0.5) is 0 Å². The van der Waals surface area contributed by atoms with Crippen LogP contribution in [0.3, 0.4) is 0 Å². The first kappa shape index (κ1) is 22.1. The first-order chi connectivity index (χ1) is 15.2. The minimum absolute atomic E-state index is 0.105. The van der Waals surface area contributed by atoms with Crippen molar-refractivity contribution in [2.75, 3.05) is 31.1 Å². The molecule has 178 valence electrons. The standard InChI is InChI=1S/C22H31NO8S/c1-22(5-2-3-6-22)31-21(26)17-14-12-13-16(17)20(25)30-19(13)18(14)29-15(24)4-7-23-8-10-32(27,28)11-9-23/h13-14,16-19H,2-12H2,1H3. The molecule has 2 aliphatic heterocycles. The number of fused-ring (bicyclic) bond motifs is 1. The lowest BCUT2D eigenvalue weighted by molar-refractivity contribution is -0.173. The molecule has 10 heteroatoms. The summed E-state index contributed by atoms with van der Waals surface area (Å²) in [6.07, 6.45) is 3.36. The summed E-state index contributed by atoms with van der Waals surface area (Å²) in [5.74, 6) is -2.41. The van der Waals surface area contributed by atoms with Crippen LogP contribution in [0.15, 0.2) is 0 Å². The van der Waals surface area contributed by atoms with E-state index in [0.29, 0.717) is 26.1 Å². The molecule has 6 unspecified atom stereocenters. The third kappa shape index (κ3) is 3.93. The number of sulfone groups is 1. The Bertz CT molecular complexity index is 897. The molecule has 2 heterocycles. The van der Waals surface area contributed by atoms with Crippen LogP contribution in [0.1, 0.15) is 45.4 Å². The summed E-state index contributed by atoms with van der Waals surface area (Å²) in [6.45, 7) is 3.20. The summed E-state index contributed by atoms with van der Waals surface area (Å²) in [5.41, 5.74) is -0.477. The Kier molecular flexibility index (Phi) is 5.51. The molecule has 3 aliphatic carbocycles. The molecule has 3 saturated carbocycles. The fourth-order valence-electron chi connectivity index (χ4n) is 6.44. The van der Waals surface area contributed by atoms with Crippen molar-refractivity contribution in [2.45, 2.75) is 63.3 Å². The Labute approximate surface area is 188 Å². The maximum Gasteiger partial charge on any atom is 0.310 e. The molecule has 0 N–H and O–H groups in total. The minimum Gasteiger partial charge on any atom is -0.459 e. The number of nitrogens with zero attached hydrogens (tertiary/aromatic N) is 1. The van der Waals surface area contributed by atoms with Gasteiger partial charge in [-0.3, -0.25) is 14.4 Å². The number of hydrogen-bond acceptors (Lipinski definition) is 9. The van der Waals surface area contributed by atoms with E-state index < -0.39 is 45.5 Å². The molecule has 9 nitrogen and oxygen atoms in total. The summed E-state index contributed by atoms with van der Waals surface area (Å²) in [4.78, 5) is 40.2. The fraction of sp³-hybridized carbons (Fsp3) is 0.864. The third-order valence-corrected chi connectivity index (χ3v) is 9.77. The van der Waals surface area contributed by atoms with E-state index in [2.05, 4.69) is 0 Å². The van der Waals surface area contributed by atoms with Crippen LogP contribution < -0.4 is 0 Å². The van der Waals surface area contributed by atoms with Crippen molar-refractivity contribution < 1.29 is 37.0 Å². The summed E-state index contributed by atoms with van der Waals surface area (Å²) < 4.78 is 40.3. The zero-order chi connectivity index (χ0) is 22.7. The van der Waals surface area contributed by atoms with Gasteiger partial charge in [-0.15, -0.1) is 0 Å². The van der Waals surface area contributed by atoms with Gasteiger partial charge in [0.25, 0.3) is 0 Å². The summed E-state index contributed by atoms with van der Waals surface area (Å²) in [5, 5.41) is 0. The van der Waals surface area contributed by atoms with Crippen molar-refractivity contribution in [3.63, 3.8) is 0 Å². The Morgan fingerprint density at radius 3 is 2.53 bits per heavy atom. The van der Waals surface area contributed by atoms with Crippen LogP contribution in [-0.2, 0) is 38.4 Å². The molecular formula is C22H31NO8S. The lowest BCUT2D eigenvalue weighted by atomic mass is 9.78. The van der Waals surface area contributed by atoms with Gasteiger partial charge in [0.05, 0.1) is 29.8 Å². The molecule has 32 heavy (non-hydrogen) atoms. The third-order valence-electron chi connectivity index (χ3n) is 8.16. The van der Waals surface area contributed by atoms with E-state index in [9.17, 15) is 22.8 Å². The van der Waals surface area contributed by atoms with Gasteiger partial charge in [-0.05, 0) is 39.0 Å².